The lowest BCUT2D eigenvalue weighted by Crippen LogP contribution is -2.04. The molecule has 0 bridgehead atoms. The molecule has 2 N–H and O–H groups in total. The number of hydrogen-bond donors (Lipinski definition) is 1. The lowest BCUT2D eigenvalue weighted by molar-refractivity contribution is 0.0601. The van der Waals surface area contributed by atoms with Crippen molar-refractivity contribution in [1.82, 2.24) is 9.97 Å². The summed E-state index contributed by atoms with van der Waals surface area (Å²) in [5.74, 6) is 0.0245. The van der Waals surface area contributed by atoms with E-state index in [-0.39, 0.29) is 5.97 Å². The number of nitrogens with zero attached hydrogens (tertiary/aromatic N) is 2. The van der Waals surface area contributed by atoms with Crippen LogP contribution in [-0.4, -0.2) is 23.0 Å². The van der Waals surface area contributed by atoms with E-state index >= 15 is 0 Å². The molecule has 0 atom stereocenters. The first-order valence-electron chi connectivity index (χ1n) is 7.51. The molecule has 0 unspecified atom stereocenters. The van der Waals surface area contributed by atoms with Gasteiger partial charge in [0.25, 0.3) is 0 Å². The van der Waals surface area contributed by atoms with Gasteiger partial charge in [-0.3, -0.25) is 0 Å². The zero-order chi connectivity index (χ0) is 16.9. The molecule has 120 valence electrons. The van der Waals surface area contributed by atoms with E-state index in [0.717, 1.165) is 11.1 Å². The summed E-state index contributed by atoms with van der Waals surface area (Å²) in [6.07, 6.45) is 2.21. The molecule has 1 aromatic heterocycles. The molecule has 0 aliphatic carbocycles. The Bertz CT molecular complexity index is 863. The Morgan fingerprint density at radius 1 is 1.12 bits per heavy atom. The van der Waals surface area contributed by atoms with Crippen LogP contribution in [0.5, 0.6) is 0 Å². The van der Waals surface area contributed by atoms with E-state index in [4.69, 9.17) is 10.5 Å². The first-order chi connectivity index (χ1) is 11.7. The summed E-state index contributed by atoms with van der Waals surface area (Å²) in [6, 6.07) is 17.1. The molecule has 0 aliphatic rings. The molecular weight excluding hydrogens is 302 g/mol. The minimum atomic E-state index is -0.384. The van der Waals surface area contributed by atoms with Crippen molar-refractivity contribution in [2.45, 2.75) is 6.42 Å². The third-order valence-corrected chi connectivity index (χ3v) is 3.67. The van der Waals surface area contributed by atoms with E-state index < -0.39 is 0 Å². The predicted molar refractivity (Wildman–Crippen MR) is 92.5 cm³/mol. The second-order valence-electron chi connectivity index (χ2n) is 5.32. The van der Waals surface area contributed by atoms with Gasteiger partial charge in [0.05, 0.1) is 30.3 Å². The molecule has 2 aromatic carbocycles. The summed E-state index contributed by atoms with van der Waals surface area (Å²) < 4.78 is 4.75. The molecule has 5 nitrogen and oxygen atoms in total. The Morgan fingerprint density at radius 3 is 2.67 bits per heavy atom. The topological polar surface area (TPSA) is 78.1 Å². The number of carbonyl (C=O) groups excluding carboxylic acids is 1. The molecular formula is C19H17N3O2. The van der Waals surface area contributed by atoms with Crippen molar-refractivity contribution in [2.75, 3.05) is 12.8 Å². The number of carbonyl (C=O) groups is 1. The molecule has 0 saturated heterocycles. The number of anilines is 1. The highest BCUT2D eigenvalue weighted by molar-refractivity contribution is 5.90. The minimum Gasteiger partial charge on any atom is -0.465 e. The number of rotatable bonds is 4. The third kappa shape index (κ3) is 3.41. The Balaban J connectivity index is 1.95. The molecule has 5 heteroatoms. The highest BCUT2D eigenvalue weighted by Gasteiger charge is 2.10. The zero-order valence-electron chi connectivity index (χ0n) is 13.3. The SMILES string of the molecule is COC(=O)c1cccc(-c2cnc(N)c(Cc3ccccc3)n2)c1. The molecule has 0 saturated carbocycles. The van der Waals surface area contributed by atoms with Crippen molar-refractivity contribution in [3.05, 3.63) is 77.6 Å². The van der Waals surface area contributed by atoms with Gasteiger partial charge in [0.1, 0.15) is 5.82 Å². The molecule has 0 radical (unpaired) electrons. The van der Waals surface area contributed by atoms with Gasteiger partial charge in [0.2, 0.25) is 0 Å². The van der Waals surface area contributed by atoms with E-state index in [1.807, 2.05) is 36.4 Å². The van der Waals surface area contributed by atoms with Crippen LogP contribution in [0.3, 0.4) is 0 Å². The second kappa shape index (κ2) is 6.91. The Morgan fingerprint density at radius 2 is 1.92 bits per heavy atom. The average Bonchev–Trinajstić information content (AvgIpc) is 2.64. The largest absolute Gasteiger partial charge is 0.465 e. The Labute approximate surface area is 140 Å². The number of benzene rings is 2. The fourth-order valence-electron chi connectivity index (χ4n) is 2.42. The van der Waals surface area contributed by atoms with Gasteiger partial charge >= 0.3 is 5.97 Å². The lowest BCUT2D eigenvalue weighted by Gasteiger charge is -2.08. The molecule has 0 aliphatic heterocycles. The van der Waals surface area contributed by atoms with E-state index in [1.165, 1.54) is 7.11 Å². The van der Waals surface area contributed by atoms with E-state index in [2.05, 4.69) is 9.97 Å². The number of methoxy groups -OCH3 is 1. The third-order valence-electron chi connectivity index (χ3n) is 3.67. The van der Waals surface area contributed by atoms with Gasteiger partial charge in [-0.1, -0.05) is 42.5 Å². The number of esters is 1. The maximum absolute atomic E-state index is 11.7. The van der Waals surface area contributed by atoms with Gasteiger partial charge in [-0.25, -0.2) is 14.8 Å². The van der Waals surface area contributed by atoms with Gasteiger partial charge in [-0.05, 0) is 17.7 Å². The van der Waals surface area contributed by atoms with E-state index in [1.54, 1.807) is 24.4 Å². The van der Waals surface area contributed by atoms with Crippen molar-refractivity contribution in [1.29, 1.82) is 0 Å². The molecule has 0 spiro atoms. The van der Waals surface area contributed by atoms with E-state index in [9.17, 15) is 4.79 Å². The number of hydrogen-bond acceptors (Lipinski definition) is 5. The smallest absolute Gasteiger partial charge is 0.337 e. The van der Waals surface area contributed by atoms with Crippen LogP contribution in [0.1, 0.15) is 21.6 Å². The molecule has 3 aromatic rings. The second-order valence-corrected chi connectivity index (χ2v) is 5.32. The van der Waals surface area contributed by atoms with Crippen molar-refractivity contribution >= 4 is 11.8 Å². The number of aromatic nitrogens is 2. The predicted octanol–water partition coefficient (Wildman–Crippen LogP) is 3.10. The van der Waals surface area contributed by atoms with Crippen molar-refractivity contribution < 1.29 is 9.53 Å². The first kappa shape index (κ1) is 15.7. The summed E-state index contributed by atoms with van der Waals surface area (Å²) in [7, 11) is 1.36. The fraction of sp³-hybridized carbons (Fsp3) is 0.105. The molecule has 0 fully saturated rings. The van der Waals surface area contributed by atoms with Gasteiger partial charge < -0.3 is 10.5 Å². The monoisotopic (exact) mass is 319 g/mol. The number of ether oxygens (including phenoxy) is 1. The van der Waals surface area contributed by atoms with Crippen LogP contribution in [0.25, 0.3) is 11.3 Å². The van der Waals surface area contributed by atoms with Crippen LogP contribution in [0.15, 0.2) is 60.8 Å². The maximum atomic E-state index is 11.7. The highest BCUT2D eigenvalue weighted by atomic mass is 16.5. The number of nitrogens with two attached hydrogens (primary N) is 1. The Hall–Kier alpha value is -3.21. The van der Waals surface area contributed by atoms with Crippen LogP contribution >= 0.6 is 0 Å². The summed E-state index contributed by atoms with van der Waals surface area (Å²) in [5, 5.41) is 0. The lowest BCUT2D eigenvalue weighted by atomic mass is 10.1. The molecule has 0 amide bonds. The first-order valence-corrected chi connectivity index (χ1v) is 7.51. The van der Waals surface area contributed by atoms with Crippen LogP contribution in [-0.2, 0) is 11.2 Å². The standard InChI is InChI=1S/C19H17N3O2/c1-24-19(23)15-9-5-8-14(11-15)17-12-21-18(20)16(22-17)10-13-6-3-2-4-7-13/h2-9,11-12H,10H2,1H3,(H2,20,21). The van der Waals surface area contributed by atoms with Gasteiger partial charge in [0, 0.05) is 12.0 Å². The van der Waals surface area contributed by atoms with Crippen LogP contribution < -0.4 is 5.73 Å². The molecule has 24 heavy (non-hydrogen) atoms. The van der Waals surface area contributed by atoms with Gasteiger partial charge in [0.15, 0.2) is 0 Å². The van der Waals surface area contributed by atoms with E-state index in [0.29, 0.717) is 29.2 Å². The maximum Gasteiger partial charge on any atom is 0.337 e. The summed E-state index contributed by atoms with van der Waals surface area (Å²) in [5.41, 5.74) is 9.72. The van der Waals surface area contributed by atoms with Crippen LogP contribution in [0.4, 0.5) is 5.82 Å². The van der Waals surface area contributed by atoms with Crippen molar-refractivity contribution in [3.63, 3.8) is 0 Å². The minimum absolute atomic E-state index is 0.384. The summed E-state index contributed by atoms with van der Waals surface area (Å²) in [4.78, 5) is 20.6. The highest BCUT2D eigenvalue weighted by Crippen LogP contribution is 2.21. The zero-order valence-corrected chi connectivity index (χ0v) is 13.3. The molecule has 3 rings (SSSR count). The van der Waals surface area contributed by atoms with Crippen LogP contribution in [0.2, 0.25) is 0 Å². The fourth-order valence-corrected chi connectivity index (χ4v) is 2.42. The summed E-state index contributed by atoms with van der Waals surface area (Å²) in [6.45, 7) is 0. The number of nitrogen functional groups attached to an aromatic ring is 1. The molecule has 1 heterocycles. The quantitative estimate of drug-likeness (QED) is 0.748. The van der Waals surface area contributed by atoms with Crippen LogP contribution in [0, 0.1) is 0 Å². The summed E-state index contributed by atoms with van der Waals surface area (Å²) >= 11 is 0. The normalized spacial score (nSPS) is 10.4. The Kier molecular flexibility index (Phi) is 4.52. The average molecular weight is 319 g/mol. The van der Waals surface area contributed by atoms with Gasteiger partial charge in [-0.15, -0.1) is 0 Å². The van der Waals surface area contributed by atoms with Crippen molar-refractivity contribution in [3.8, 4) is 11.3 Å². The van der Waals surface area contributed by atoms with Gasteiger partial charge in [-0.2, -0.15) is 0 Å². The van der Waals surface area contributed by atoms with Crippen molar-refractivity contribution in [2.24, 2.45) is 0 Å².